The summed E-state index contributed by atoms with van der Waals surface area (Å²) in [7, 11) is -4.02. The van der Waals surface area contributed by atoms with Gasteiger partial charge in [0.2, 0.25) is 0 Å². The smallest absolute Gasteiger partial charge is 0.425 e. The largest absolute Gasteiger partial charge is 0.447 e. The average Bonchev–Trinajstić information content (AvgIpc) is 2.77. The monoisotopic (exact) mass is 268 g/mol. The molecule has 0 unspecified atom stereocenters. The first-order valence-electron chi connectivity index (χ1n) is 4.86. The van der Waals surface area contributed by atoms with Crippen LogP contribution in [0, 0.1) is 11.3 Å². The van der Waals surface area contributed by atoms with Gasteiger partial charge in [-0.05, 0) is 12.1 Å². The van der Waals surface area contributed by atoms with Crippen molar-refractivity contribution in [1.82, 2.24) is 9.29 Å². The Balaban J connectivity index is 2.17. The summed E-state index contributed by atoms with van der Waals surface area (Å²) < 4.78 is 30.8. The highest BCUT2D eigenvalue weighted by molar-refractivity contribution is 7.90. The Labute approximate surface area is 103 Å². The fourth-order valence-corrected chi connectivity index (χ4v) is 2.36. The second kappa shape index (κ2) is 4.50. The summed E-state index contributed by atoms with van der Waals surface area (Å²) in [5, 5.41) is 8.57. The molecule has 0 radical (unpaired) electrons. The molecule has 0 spiro atoms. The summed E-state index contributed by atoms with van der Waals surface area (Å²) in [6.45, 7) is -0.00894. The van der Waals surface area contributed by atoms with E-state index in [2.05, 4.69) is 14.4 Å². The number of cyclic esters (lactones) is 1. The molecule has 1 aliphatic heterocycles. The van der Waals surface area contributed by atoms with Gasteiger partial charge in [0.25, 0.3) is 0 Å². The molecule has 0 saturated carbocycles. The van der Waals surface area contributed by atoms with Crippen molar-refractivity contribution in [3.8, 4) is 6.07 Å². The van der Waals surface area contributed by atoms with Crippen LogP contribution in [-0.2, 0) is 14.9 Å². The van der Waals surface area contributed by atoms with Gasteiger partial charge in [-0.3, -0.25) is 0 Å². The molecule has 1 saturated heterocycles. The topological polar surface area (TPSA) is 112 Å². The molecule has 1 amide bonds. The van der Waals surface area contributed by atoms with Crippen LogP contribution in [0.15, 0.2) is 18.3 Å². The van der Waals surface area contributed by atoms with Crippen LogP contribution in [0.5, 0.6) is 0 Å². The molecular formula is C9H8N4O4S. The van der Waals surface area contributed by atoms with Crippen molar-refractivity contribution >= 4 is 22.1 Å². The third kappa shape index (κ3) is 2.33. The molecule has 94 valence electrons. The minimum atomic E-state index is -4.02. The second-order valence-corrected chi connectivity index (χ2v) is 4.93. The van der Waals surface area contributed by atoms with Crippen LogP contribution in [0.1, 0.15) is 5.56 Å². The molecule has 1 aliphatic rings. The number of hydrogen-bond donors (Lipinski definition) is 1. The third-order valence-corrected chi connectivity index (χ3v) is 3.52. The summed E-state index contributed by atoms with van der Waals surface area (Å²) in [6, 6.07) is 4.60. The van der Waals surface area contributed by atoms with Gasteiger partial charge >= 0.3 is 16.3 Å². The van der Waals surface area contributed by atoms with Gasteiger partial charge in [-0.25, -0.2) is 14.5 Å². The normalized spacial score (nSPS) is 15.1. The Morgan fingerprint density at radius 1 is 1.50 bits per heavy atom. The van der Waals surface area contributed by atoms with Crippen molar-refractivity contribution in [2.45, 2.75) is 0 Å². The standard InChI is InChI=1S/C9H8N4O4S/c10-5-7-1-2-8(11-6-7)12-18(15,16)13-3-4-17-9(13)14/h1-2,6H,3-4H2,(H,11,12). The van der Waals surface area contributed by atoms with E-state index in [-0.39, 0.29) is 19.0 Å². The van der Waals surface area contributed by atoms with Crippen molar-refractivity contribution in [2.24, 2.45) is 0 Å². The summed E-state index contributed by atoms with van der Waals surface area (Å²) in [4.78, 5) is 14.9. The molecule has 0 aliphatic carbocycles. The highest BCUT2D eigenvalue weighted by Gasteiger charge is 2.33. The van der Waals surface area contributed by atoms with Crippen LogP contribution < -0.4 is 4.72 Å². The molecule has 0 aromatic carbocycles. The number of hydrogen-bond acceptors (Lipinski definition) is 6. The molecule has 1 aromatic rings. The lowest BCUT2D eigenvalue weighted by molar-refractivity contribution is 0.170. The Morgan fingerprint density at radius 3 is 2.78 bits per heavy atom. The first-order chi connectivity index (χ1) is 8.53. The van der Waals surface area contributed by atoms with Gasteiger partial charge in [-0.1, -0.05) is 0 Å². The first-order valence-corrected chi connectivity index (χ1v) is 6.30. The fraction of sp³-hybridized carbons (Fsp3) is 0.222. The van der Waals surface area contributed by atoms with Crippen molar-refractivity contribution in [1.29, 1.82) is 5.26 Å². The van der Waals surface area contributed by atoms with E-state index in [9.17, 15) is 13.2 Å². The third-order valence-electron chi connectivity index (χ3n) is 2.14. The quantitative estimate of drug-likeness (QED) is 0.829. The van der Waals surface area contributed by atoms with E-state index in [1.165, 1.54) is 18.3 Å². The number of anilines is 1. The summed E-state index contributed by atoms with van der Waals surface area (Å²) in [5.74, 6) is 0.0219. The van der Waals surface area contributed by atoms with E-state index in [0.717, 1.165) is 0 Å². The lowest BCUT2D eigenvalue weighted by Gasteiger charge is -2.14. The lowest BCUT2D eigenvalue weighted by atomic mass is 10.3. The Bertz CT molecular complexity index is 604. The van der Waals surface area contributed by atoms with Crippen LogP contribution in [-0.4, -0.2) is 37.0 Å². The van der Waals surface area contributed by atoms with Crippen molar-refractivity contribution in [3.05, 3.63) is 23.9 Å². The SMILES string of the molecule is N#Cc1ccc(NS(=O)(=O)N2CCOC2=O)nc1. The van der Waals surface area contributed by atoms with Gasteiger partial charge in [0.1, 0.15) is 18.5 Å². The van der Waals surface area contributed by atoms with Crippen LogP contribution in [0.25, 0.3) is 0 Å². The zero-order valence-corrected chi connectivity index (χ0v) is 9.85. The van der Waals surface area contributed by atoms with Crippen molar-refractivity contribution in [3.63, 3.8) is 0 Å². The zero-order valence-electron chi connectivity index (χ0n) is 9.03. The maximum atomic E-state index is 11.8. The fourth-order valence-electron chi connectivity index (χ4n) is 1.31. The number of nitrogens with zero attached hydrogens (tertiary/aromatic N) is 3. The summed E-state index contributed by atoms with van der Waals surface area (Å²) >= 11 is 0. The van der Waals surface area contributed by atoms with Crippen LogP contribution in [0.4, 0.5) is 10.6 Å². The number of carbonyl (C=O) groups is 1. The maximum absolute atomic E-state index is 11.8. The molecule has 2 rings (SSSR count). The number of rotatable bonds is 3. The van der Waals surface area contributed by atoms with Crippen molar-refractivity contribution in [2.75, 3.05) is 17.9 Å². The molecular weight excluding hydrogens is 260 g/mol. The van der Waals surface area contributed by atoms with Crippen LogP contribution in [0.2, 0.25) is 0 Å². The molecule has 1 fully saturated rings. The van der Waals surface area contributed by atoms with Crippen LogP contribution in [0.3, 0.4) is 0 Å². The Morgan fingerprint density at radius 2 is 2.28 bits per heavy atom. The predicted molar refractivity (Wildman–Crippen MR) is 59.5 cm³/mol. The molecule has 2 heterocycles. The van der Waals surface area contributed by atoms with Gasteiger partial charge in [0, 0.05) is 6.20 Å². The van der Waals surface area contributed by atoms with E-state index in [4.69, 9.17) is 5.26 Å². The zero-order chi connectivity index (χ0) is 13.2. The van der Waals surface area contributed by atoms with Gasteiger partial charge in [-0.2, -0.15) is 18.0 Å². The van der Waals surface area contributed by atoms with Gasteiger partial charge in [0.05, 0.1) is 12.1 Å². The van der Waals surface area contributed by atoms with Crippen molar-refractivity contribution < 1.29 is 17.9 Å². The maximum Gasteiger partial charge on any atom is 0.425 e. The second-order valence-electron chi connectivity index (χ2n) is 3.34. The number of aromatic nitrogens is 1. The summed E-state index contributed by atoms with van der Waals surface area (Å²) in [5.41, 5.74) is 0.304. The van der Waals surface area contributed by atoms with E-state index < -0.39 is 16.3 Å². The average molecular weight is 268 g/mol. The highest BCUT2D eigenvalue weighted by Crippen LogP contribution is 2.13. The minimum absolute atomic E-state index is 0.0219. The van der Waals surface area contributed by atoms with E-state index in [0.29, 0.717) is 9.87 Å². The highest BCUT2D eigenvalue weighted by atomic mass is 32.2. The molecule has 9 heteroatoms. The van der Waals surface area contributed by atoms with Gasteiger partial charge < -0.3 is 4.74 Å². The number of nitrogens with one attached hydrogen (secondary N) is 1. The Hall–Kier alpha value is -2.34. The molecule has 0 atom stereocenters. The number of ether oxygens (including phenoxy) is 1. The predicted octanol–water partition coefficient (Wildman–Crippen LogP) is 0.0622. The number of carbonyl (C=O) groups excluding carboxylic acids is 1. The lowest BCUT2D eigenvalue weighted by Crippen LogP contribution is -2.36. The molecule has 8 nitrogen and oxygen atoms in total. The van der Waals surface area contributed by atoms with E-state index in [1.54, 1.807) is 0 Å². The molecule has 0 bridgehead atoms. The summed E-state index contributed by atoms with van der Waals surface area (Å²) in [6.07, 6.45) is 0.302. The molecule has 18 heavy (non-hydrogen) atoms. The van der Waals surface area contributed by atoms with Crippen LogP contribution >= 0.6 is 0 Å². The first kappa shape index (κ1) is 12.1. The van der Waals surface area contributed by atoms with E-state index in [1.807, 2.05) is 6.07 Å². The number of pyridine rings is 1. The van der Waals surface area contributed by atoms with Gasteiger partial charge in [0.15, 0.2) is 0 Å². The minimum Gasteiger partial charge on any atom is -0.447 e. The number of amides is 1. The molecule has 1 aromatic heterocycles. The van der Waals surface area contributed by atoms with E-state index >= 15 is 0 Å². The Kier molecular flexibility index (Phi) is 3.03. The number of nitriles is 1. The molecule has 1 N–H and O–H groups in total. The van der Waals surface area contributed by atoms with Gasteiger partial charge in [-0.15, -0.1) is 0 Å².